The third-order valence-corrected chi connectivity index (χ3v) is 5.42. The van der Waals surface area contributed by atoms with Crippen molar-refractivity contribution in [2.75, 3.05) is 26.5 Å². The molecule has 0 spiro atoms. The summed E-state index contributed by atoms with van der Waals surface area (Å²) in [5.41, 5.74) is 1.84. The Kier molecular flexibility index (Phi) is 6.76. The van der Waals surface area contributed by atoms with Gasteiger partial charge in [-0.25, -0.2) is 4.99 Å². The Labute approximate surface area is 164 Å². The fourth-order valence-electron chi connectivity index (χ4n) is 2.90. The van der Waals surface area contributed by atoms with E-state index in [0.29, 0.717) is 30.2 Å². The predicted molar refractivity (Wildman–Crippen MR) is 110 cm³/mol. The largest absolute Gasteiger partial charge is 0.497 e. The van der Waals surface area contributed by atoms with Gasteiger partial charge >= 0.3 is 0 Å². The standard InChI is InChI=1S/C21H24N2O3S/c1-25-17-10-11-19(26-2)18(15-17)22-21-23(13-6-14-27-21)20(24)12-9-16-7-4-3-5-8-16/h3-5,7-8,10-11,15H,6,9,12-14H2,1-2H3. The summed E-state index contributed by atoms with van der Waals surface area (Å²) in [4.78, 5) is 19.4. The van der Waals surface area contributed by atoms with Gasteiger partial charge < -0.3 is 9.47 Å². The molecule has 0 N–H and O–H groups in total. The maximum absolute atomic E-state index is 12.8. The molecule has 0 atom stereocenters. The first kappa shape index (κ1) is 19.3. The van der Waals surface area contributed by atoms with Crippen LogP contribution in [0.2, 0.25) is 0 Å². The number of benzene rings is 2. The number of carbonyl (C=O) groups is 1. The Morgan fingerprint density at radius 3 is 2.70 bits per heavy atom. The lowest BCUT2D eigenvalue weighted by molar-refractivity contribution is -0.127. The second-order valence-corrected chi connectivity index (χ2v) is 7.23. The van der Waals surface area contributed by atoms with Crippen molar-refractivity contribution in [3.05, 3.63) is 54.1 Å². The highest BCUT2D eigenvalue weighted by Crippen LogP contribution is 2.33. The van der Waals surface area contributed by atoms with Crippen LogP contribution in [0.5, 0.6) is 11.5 Å². The quantitative estimate of drug-likeness (QED) is 0.746. The Bertz CT molecular complexity index is 808. The van der Waals surface area contributed by atoms with E-state index in [9.17, 15) is 4.79 Å². The first-order valence-electron chi connectivity index (χ1n) is 8.99. The third-order valence-electron chi connectivity index (χ3n) is 4.36. The molecular weight excluding hydrogens is 360 g/mol. The van der Waals surface area contributed by atoms with Crippen molar-refractivity contribution in [2.24, 2.45) is 4.99 Å². The minimum Gasteiger partial charge on any atom is -0.497 e. The number of amidine groups is 1. The van der Waals surface area contributed by atoms with Gasteiger partial charge in [-0.3, -0.25) is 9.69 Å². The van der Waals surface area contributed by atoms with Gasteiger partial charge in [0.1, 0.15) is 17.2 Å². The first-order chi connectivity index (χ1) is 13.2. The van der Waals surface area contributed by atoms with Crippen LogP contribution < -0.4 is 9.47 Å². The summed E-state index contributed by atoms with van der Waals surface area (Å²) in [5, 5.41) is 0.728. The number of nitrogens with zero attached hydrogens (tertiary/aromatic N) is 2. The lowest BCUT2D eigenvalue weighted by Crippen LogP contribution is -2.39. The number of amides is 1. The molecule has 5 nitrogen and oxygen atoms in total. The Hall–Kier alpha value is -2.47. The Morgan fingerprint density at radius 2 is 1.96 bits per heavy atom. The molecule has 6 heteroatoms. The molecule has 1 fully saturated rings. The van der Waals surface area contributed by atoms with Crippen LogP contribution in [0.25, 0.3) is 0 Å². The maximum Gasteiger partial charge on any atom is 0.228 e. The summed E-state index contributed by atoms with van der Waals surface area (Å²) in [6.07, 6.45) is 2.17. The molecule has 2 aromatic rings. The van der Waals surface area contributed by atoms with E-state index in [0.717, 1.165) is 23.8 Å². The van der Waals surface area contributed by atoms with Gasteiger partial charge in [-0.2, -0.15) is 0 Å². The molecule has 0 radical (unpaired) electrons. The van der Waals surface area contributed by atoms with Gasteiger partial charge in [0.05, 0.1) is 14.2 Å². The van der Waals surface area contributed by atoms with E-state index >= 15 is 0 Å². The van der Waals surface area contributed by atoms with Crippen LogP contribution in [0.4, 0.5) is 5.69 Å². The number of methoxy groups -OCH3 is 2. The van der Waals surface area contributed by atoms with E-state index in [1.54, 1.807) is 30.9 Å². The maximum atomic E-state index is 12.8. The van der Waals surface area contributed by atoms with Crippen molar-refractivity contribution < 1.29 is 14.3 Å². The summed E-state index contributed by atoms with van der Waals surface area (Å²) in [6, 6.07) is 15.6. The number of aryl methyl sites for hydroxylation is 1. The lowest BCUT2D eigenvalue weighted by atomic mass is 10.1. The number of ether oxygens (including phenoxy) is 2. The number of hydrogen-bond donors (Lipinski definition) is 0. The van der Waals surface area contributed by atoms with Gasteiger partial charge in [0.25, 0.3) is 0 Å². The molecule has 0 aromatic heterocycles. The zero-order valence-electron chi connectivity index (χ0n) is 15.7. The summed E-state index contributed by atoms with van der Waals surface area (Å²) in [5.74, 6) is 2.42. The van der Waals surface area contributed by atoms with Crippen LogP contribution in [0.15, 0.2) is 53.5 Å². The lowest BCUT2D eigenvalue weighted by Gasteiger charge is -2.28. The van der Waals surface area contributed by atoms with Crippen LogP contribution in [0, 0.1) is 0 Å². The van der Waals surface area contributed by atoms with Gasteiger partial charge in [-0.1, -0.05) is 42.1 Å². The van der Waals surface area contributed by atoms with E-state index in [1.807, 2.05) is 48.5 Å². The molecule has 0 unspecified atom stereocenters. The van der Waals surface area contributed by atoms with Crippen LogP contribution in [0.1, 0.15) is 18.4 Å². The Balaban J connectivity index is 1.78. The zero-order chi connectivity index (χ0) is 19.1. The second kappa shape index (κ2) is 9.46. The van der Waals surface area contributed by atoms with Crippen molar-refractivity contribution in [2.45, 2.75) is 19.3 Å². The second-order valence-electron chi connectivity index (χ2n) is 6.17. The minimum absolute atomic E-state index is 0.103. The number of carbonyl (C=O) groups excluding carboxylic acids is 1. The molecule has 0 aliphatic carbocycles. The molecule has 1 aliphatic heterocycles. The van der Waals surface area contributed by atoms with Gasteiger partial charge in [-0.05, 0) is 30.5 Å². The molecule has 27 heavy (non-hydrogen) atoms. The molecule has 1 heterocycles. The number of rotatable bonds is 6. The molecule has 3 rings (SSSR count). The summed E-state index contributed by atoms with van der Waals surface area (Å²) in [7, 11) is 3.23. The highest BCUT2D eigenvalue weighted by atomic mass is 32.2. The van der Waals surface area contributed by atoms with Crippen molar-refractivity contribution >= 4 is 28.5 Å². The molecule has 0 bridgehead atoms. The molecule has 1 amide bonds. The van der Waals surface area contributed by atoms with Gasteiger partial charge in [0.15, 0.2) is 5.17 Å². The highest BCUT2D eigenvalue weighted by molar-refractivity contribution is 8.13. The number of thioether (sulfide) groups is 1. The fourth-order valence-corrected chi connectivity index (χ4v) is 3.87. The van der Waals surface area contributed by atoms with E-state index < -0.39 is 0 Å². The summed E-state index contributed by atoms with van der Waals surface area (Å²) < 4.78 is 10.7. The molecule has 1 saturated heterocycles. The summed E-state index contributed by atoms with van der Waals surface area (Å²) >= 11 is 1.61. The van der Waals surface area contributed by atoms with Crippen LogP contribution in [-0.4, -0.2) is 42.5 Å². The zero-order valence-corrected chi connectivity index (χ0v) is 16.5. The van der Waals surface area contributed by atoms with Crippen molar-refractivity contribution in [3.63, 3.8) is 0 Å². The average Bonchev–Trinajstić information content (AvgIpc) is 2.73. The predicted octanol–water partition coefficient (Wildman–Crippen LogP) is 4.29. The van der Waals surface area contributed by atoms with E-state index in [2.05, 4.69) is 0 Å². The monoisotopic (exact) mass is 384 g/mol. The molecule has 1 aliphatic rings. The minimum atomic E-state index is 0.103. The van der Waals surface area contributed by atoms with E-state index in [-0.39, 0.29) is 5.91 Å². The topological polar surface area (TPSA) is 51.1 Å². The van der Waals surface area contributed by atoms with Crippen molar-refractivity contribution in [3.8, 4) is 11.5 Å². The Morgan fingerprint density at radius 1 is 1.15 bits per heavy atom. The SMILES string of the molecule is COc1ccc(OC)c(N=C2SCCCN2C(=O)CCc2ccccc2)c1. The van der Waals surface area contributed by atoms with E-state index in [4.69, 9.17) is 14.5 Å². The molecule has 0 saturated carbocycles. The smallest absolute Gasteiger partial charge is 0.228 e. The molecule has 142 valence electrons. The van der Waals surface area contributed by atoms with Gasteiger partial charge in [0.2, 0.25) is 5.91 Å². The summed E-state index contributed by atoms with van der Waals surface area (Å²) in [6.45, 7) is 0.700. The molecule has 2 aromatic carbocycles. The fraction of sp³-hybridized carbons (Fsp3) is 0.333. The first-order valence-corrected chi connectivity index (χ1v) is 9.97. The van der Waals surface area contributed by atoms with Gasteiger partial charge in [-0.15, -0.1) is 0 Å². The third kappa shape index (κ3) is 5.04. The van der Waals surface area contributed by atoms with E-state index in [1.165, 1.54) is 5.56 Å². The van der Waals surface area contributed by atoms with Crippen LogP contribution in [0.3, 0.4) is 0 Å². The molecular formula is C21H24N2O3S. The average molecular weight is 385 g/mol. The highest BCUT2D eigenvalue weighted by Gasteiger charge is 2.24. The normalized spacial score (nSPS) is 15.6. The number of hydrogen-bond acceptors (Lipinski definition) is 5. The van der Waals surface area contributed by atoms with Gasteiger partial charge in [0, 0.05) is 24.8 Å². The van der Waals surface area contributed by atoms with Crippen molar-refractivity contribution in [1.82, 2.24) is 4.90 Å². The van der Waals surface area contributed by atoms with Crippen molar-refractivity contribution in [1.29, 1.82) is 0 Å². The van der Waals surface area contributed by atoms with Crippen LogP contribution >= 0.6 is 11.8 Å². The number of aliphatic imine (C=N–C) groups is 1. The van der Waals surface area contributed by atoms with Crippen LogP contribution in [-0.2, 0) is 11.2 Å².